The Morgan fingerprint density at radius 1 is 1.37 bits per heavy atom. The first-order valence-electron chi connectivity index (χ1n) is 6.27. The van der Waals surface area contributed by atoms with Gasteiger partial charge in [0.05, 0.1) is 6.26 Å². The van der Waals surface area contributed by atoms with E-state index in [1.807, 2.05) is 12.1 Å². The number of sulfonamides is 1. The number of anilines is 1. The topological polar surface area (TPSA) is 87.2 Å². The van der Waals surface area contributed by atoms with Crippen LogP contribution in [0.4, 0.5) is 5.69 Å². The van der Waals surface area contributed by atoms with Crippen LogP contribution in [0.1, 0.15) is 29.9 Å². The molecular weight excluding hydrogens is 262 g/mol. The average Bonchev–Trinajstić information content (AvgIpc) is 2.37. The van der Waals surface area contributed by atoms with Gasteiger partial charge in [-0.15, -0.1) is 0 Å². The van der Waals surface area contributed by atoms with E-state index in [0.29, 0.717) is 18.8 Å². The molecule has 0 saturated carbocycles. The van der Waals surface area contributed by atoms with E-state index in [1.165, 1.54) is 16.8 Å². The number of benzene rings is 1. The summed E-state index contributed by atoms with van der Waals surface area (Å²) in [6.07, 6.45) is 4.08. The minimum Gasteiger partial charge on any atom is -0.398 e. The van der Waals surface area contributed by atoms with E-state index in [0.717, 1.165) is 24.0 Å². The van der Waals surface area contributed by atoms with Crippen molar-refractivity contribution < 1.29 is 8.42 Å². The molecule has 0 bridgehead atoms. The maximum atomic E-state index is 11.5. The quantitative estimate of drug-likeness (QED) is 0.648. The molecule has 5 nitrogen and oxygen atoms in total. The van der Waals surface area contributed by atoms with Crippen LogP contribution in [0, 0.1) is 5.41 Å². The van der Waals surface area contributed by atoms with Gasteiger partial charge in [0.15, 0.2) is 0 Å². The van der Waals surface area contributed by atoms with Crippen LogP contribution in [-0.4, -0.2) is 38.3 Å². The molecule has 1 aromatic rings. The summed E-state index contributed by atoms with van der Waals surface area (Å²) in [6, 6.07) is 5.66. The molecule has 0 amide bonds. The molecule has 0 radical (unpaired) electrons. The van der Waals surface area contributed by atoms with Gasteiger partial charge in [-0.1, -0.05) is 12.1 Å². The van der Waals surface area contributed by atoms with Crippen molar-refractivity contribution in [3.63, 3.8) is 0 Å². The van der Waals surface area contributed by atoms with Crippen LogP contribution >= 0.6 is 0 Å². The van der Waals surface area contributed by atoms with Crippen LogP contribution in [0.3, 0.4) is 0 Å². The van der Waals surface area contributed by atoms with Gasteiger partial charge in [0.25, 0.3) is 0 Å². The van der Waals surface area contributed by atoms with Crippen molar-refractivity contribution in [3.05, 3.63) is 29.3 Å². The highest BCUT2D eigenvalue weighted by molar-refractivity contribution is 7.88. The fourth-order valence-electron chi connectivity index (χ4n) is 2.62. The van der Waals surface area contributed by atoms with E-state index in [4.69, 9.17) is 11.1 Å². The molecule has 3 N–H and O–H groups in total. The molecule has 104 valence electrons. The molecule has 6 heteroatoms. The predicted molar refractivity (Wildman–Crippen MR) is 77.1 cm³/mol. The molecular formula is C13H19N3O2S. The average molecular weight is 281 g/mol. The van der Waals surface area contributed by atoms with Crippen LogP contribution in [0.5, 0.6) is 0 Å². The molecule has 1 aromatic carbocycles. The maximum Gasteiger partial charge on any atom is 0.211 e. The lowest BCUT2D eigenvalue weighted by Crippen LogP contribution is -2.37. The van der Waals surface area contributed by atoms with Gasteiger partial charge >= 0.3 is 0 Å². The monoisotopic (exact) mass is 281 g/mol. The molecule has 1 fully saturated rings. The van der Waals surface area contributed by atoms with Gasteiger partial charge in [0.1, 0.15) is 0 Å². The van der Waals surface area contributed by atoms with Crippen LogP contribution in [0.15, 0.2) is 18.2 Å². The normalized spacial score (nSPS) is 18.4. The Labute approximate surface area is 114 Å². The van der Waals surface area contributed by atoms with Gasteiger partial charge in [-0.25, -0.2) is 12.7 Å². The fraction of sp³-hybridized carbons (Fsp3) is 0.462. The summed E-state index contributed by atoms with van der Waals surface area (Å²) >= 11 is 0. The Hall–Kier alpha value is -1.40. The van der Waals surface area contributed by atoms with E-state index in [9.17, 15) is 8.42 Å². The summed E-state index contributed by atoms with van der Waals surface area (Å²) in [7, 11) is -3.09. The largest absolute Gasteiger partial charge is 0.398 e. The molecule has 1 saturated heterocycles. The molecule has 0 aromatic heterocycles. The van der Waals surface area contributed by atoms with Gasteiger partial charge < -0.3 is 11.1 Å². The lowest BCUT2D eigenvalue weighted by atomic mass is 9.87. The SMILES string of the molecule is CS(=O)(=O)N1CCC(c2cccc(N)c2C=N)CC1. The number of hydrogen-bond acceptors (Lipinski definition) is 4. The summed E-state index contributed by atoms with van der Waals surface area (Å²) in [5.41, 5.74) is 8.31. The van der Waals surface area contributed by atoms with Gasteiger partial charge in [0, 0.05) is 30.6 Å². The highest BCUT2D eigenvalue weighted by atomic mass is 32.2. The number of nitrogens with two attached hydrogens (primary N) is 1. The molecule has 19 heavy (non-hydrogen) atoms. The first kappa shape index (κ1) is 14.0. The summed E-state index contributed by atoms with van der Waals surface area (Å²) in [6.45, 7) is 1.07. The standard InChI is InChI=1S/C13H19N3O2S/c1-19(17,18)16-7-5-10(6-8-16)11-3-2-4-13(15)12(11)9-14/h2-4,9-10,14H,5-8,15H2,1H3. The summed E-state index contributed by atoms with van der Waals surface area (Å²) < 4.78 is 24.5. The minimum atomic E-state index is -3.09. The van der Waals surface area contributed by atoms with Gasteiger partial charge in [-0.05, 0) is 30.4 Å². The number of piperidine rings is 1. The maximum absolute atomic E-state index is 11.5. The van der Waals surface area contributed by atoms with Crippen molar-refractivity contribution in [2.24, 2.45) is 0 Å². The third-order valence-corrected chi connectivity index (χ3v) is 4.98. The lowest BCUT2D eigenvalue weighted by Gasteiger charge is -2.31. The fourth-order valence-corrected chi connectivity index (χ4v) is 3.50. The zero-order chi connectivity index (χ0) is 14.0. The van der Waals surface area contributed by atoms with Crippen molar-refractivity contribution in [1.82, 2.24) is 4.31 Å². The van der Waals surface area contributed by atoms with Crippen molar-refractivity contribution in [2.75, 3.05) is 25.1 Å². The second kappa shape index (κ2) is 5.30. The van der Waals surface area contributed by atoms with E-state index in [2.05, 4.69) is 0 Å². The number of nitrogens with zero attached hydrogens (tertiary/aromatic N) is 1. The van der Waals surface area contributed by atoms with Crippen LogP contribution in [0.25, 0.3) is 0 Å². The summed E-state index contributed by atoms with van der Waals surface area (Å²) in [4.78, 5) is 0. The van der Waals surface area contributed by atoms with E-state index in [1.54, 1.807) is 6.07 Å². The second-order valence-electron chi connectivity index (χ2n) is 4.93. The minimum absolute atomic E-state index is 0.276. The Bertz CT molecular complexity index is 576. The molecule has 1 aliphatic heterocycles. The van der Waals surface area contributed by atoms with Crippen molar-refractivity contribution in [3.8, 4) is 0 Å². The number of hydrogen-bond donors (Lipinski definition) is 2. The molecule has 1 heterocycles. The van der Waals surface area contributed by atoms with Gasteiger partial charge in [0.2, 0.25) is 10.0 Å². The number of nitrogen functional groups attached to an aromatic ring is 1. The lowest BCUT2D eigenvalue weighted by molar-refractivity contribution is 0.321. The Balaban J connectivity index is 2.19. The van der Waals surface area contributed by atoms with E-state index >= 15 is 0 Å². The van der Waals surface area contributed by atoms with Crippen molar-refractivity contribution in [1.29, 1.82) is 5.41 Å². The second-order valence-corrected chi connectivity index (χ2v) is 6.91. The Kier molecular flexibility index (Phi) is 3.91. The molecule has 0 aliphatic carbocycles. The molecule has 2 rings (SSSR count). The van der Waals surface area contributed by atoms with Crippen LogP contribution in [-0.2, 0) is 10.0 Å². The highest BCUT2D eigenvalue weighted by Gasteiger charge is 2.26. The Morgan fingerprint density at radius 2 is 2.00 bits per heavy atom. The van der Waals surface area contributed by atoms with Crippen molar-refractivity contribution in [2.45, 2.75) is 18.8 Å². The highest BCUT2D eigenvalue weighted by Crippen LogP contribution is 2.32. The molecule has 0 atom stereocenters. The van der Waals surface area contributed by atoms with Crippen LogP contribution in [0.2, 0.25) is 0 Å². The first-order chi connectivity index (χ1) is 8.93. The van der Waals surface area contributed by atoms with E-state index in [-0.39, 0.29) is 5.92 Å². The molecule has 1 aliphatic rings. The van der Waals surface area contributed by atoms with Crippen LogP contribution < -0.4 is 5.73 Å². The number of nitrogens with one attached hydrogen (secondary N) is 1. The predicted octanol–water partition coefficient (Wildman–Crippen LogP) is 1.41. The third-order valence-electron chi connectivity index (χ3n) is 3.68. The smallest absolute Gasteiger partial charge is 0.211 e. The molecule has 0 spiro atoms. The zero-order valence-corrected chi connectivity index (χ0v) is 11.8. The summed E-state index contributed by atoms with van der Waals surface area (Å²) in [5, 5.41) is 7.47. The van der Waals surface area contributed by atoms with Crippen molar-refractivity contribution >= 4 is 21.9 Å². The third kappa shape index (κ3) is 2.96. The van der Waals surface area contributed by atoms with Gasteiger partial charge in [-0.2, -0.15) is 0 Å². The molecule has 0 unspecified atom stereocenters. The van der Waals surface area contributed by atoms with E-state index < -0.39 is 10.0 Å². The number of rotatable bonds is 3. The zero-order valence-electron chi connectivity index (χ0n) is 11.0. The summed E-state index contributed by atoms with van der Waals surface area (Å²) in [5.74, 6) is 0.276. The van der Waals surface area contributed by atoms with Gasteiger partial charge in [-0.3, -0.25) is 0 Å². The first-order valence-corrected chi connectivity index (χ1v) is 8.12. The Morgan fingerprint density at radius 3 is 2.53 bits per heavy atom.